The van der Waals surface area contributed by atoms with Gasteiger partial charge in [-0.1, -0.05) is 18.2 Å². The Hall–Kier alpha value is -3.42. The zero-order valence-electron chi connectivity index (χ0n) is 19.0. The molecule has 0 bridgehead atoms. The molecular formula is C26H26N2O4S. The van der Waals surface area contributed by atoms with E-state index in [1.807, 2.05) is 87.5 Å². The maximum Gasteiger partial charge on any atom is 0.215 e. The molecule has 0 saturated carbocycles. The van der Waals surface area contributed by atoms with Crippen LogP contribution >= 0.6 is 0 Å². The summed E-state index contributed by atoms with van der Waals surface area (Å²) in [7, 11) is -0.761. The van der Waals surface area contributed by atoms with Crippen molar-refractivity contribution < 1.29 is 18.1 Å². The normalized spacial score (nSPS) is 15.2. The summed E-state index contributed by atoms with van der Waals surface area (Å²) in [4.78, 5) is 1.67. The summed E-state index contributed by atoms with van der Waals surface area (Å²) in [6, 6.07) is 19.7. The van der Waals surface area contributed by atoms with Crippen molar-refractivity contribution in [2.24, 2.45) is 0 Å². The van der Waals surface area contributed by atoms with Crippen molar-refractivity contribution in [1.29, 1.82) is 0 Å². The summed E-state index contributed by atoms with van der Waals surface area (Å²) in [5, 5.41) is 10.5. The van der Waals surface area contributed by atoms with Gasteiger partial charge in [-0.25, -0.2) is 8.42 Å². The lowest BCUT2D eigenvalue weighted by atomic mass is 9.81. The number of phenolic OH excluding ortho intramolecular Hbond substituents is 1. The van der Waals surface area contributed by atoms with Gasteiger partial charge in [-0.15, -0.1) is 0 Å². The number of hydrogen-bond acceptors (Lipinski definition) is 5. The Morgan fingerprint density at radius 1 is 0.970 bits per heavy atom. The highest BCUT2D eigenvalue weighted by Crippen LogP contribution is 2.43. The van der Waals surface area contributed by atoms with Crippen molar-refractivity contribution in [3.63, 3.8) is 0 Å². The van der Waals surface area contributed by atoms with Crippen LogP contribution in [-0.2, 0) is 15.5 Å². The fourth-order valence-electron chi connectivity index (χ4n) is 4.17. The summed E-state index contributed by atoms with van der Waals surface area (Å²) in [6.07, 6.45) is 3.78. The van der Waals surface area contributed by atoms with Crippen LogP contribution in [0.2, 0.25) is 0 Å². The first-order valence-electron chi connectivity index (χ1n) is 10.5. The van der Waals surface area contributed by atoms with Crippen LogP contribution < -0.4 is 9.48 Å². The van der Waals surface area contributed by atoms with Gasteiger partial charge in [0, 0.05) is 61.3 Å². The van der Waals surface area contributed by atoms with Crippen LogP contribution in [0.25, 0.3) is 6.08 Å². The molecule has 0 spiro atoms. The smallest absolute Gasteiger partial charge is 0.215 e. The van der Waals surface area contributed by atoms with E-state index >= 15 is 0 Å². The molecule has 0 atom stereocenters. The third-order valence-electron chi connectivity index (χ3n) is 6.02. The van der Waals surface area contributed by atoms with Gasteiger partial charge in [0.05, 0.1) is 10.3 Å². The maximum absolute atomic E-state index is 11.7. The summed E-state index contributed by atoms with van der Waals surface area (Å²) in [6.45, 7) is 3.98. The summed E-state index contributed by atoms with van der Waals surface area (Å²) in [5.74, 6) is 0.164. The number of allylic oxidation sites excluding steroid dienone is 1. The number of anilines is 1. The van der Waals surface area contributed by atoms with E-state index in [2.05, 4.69) is 4.58 Å². The highest BCUT2D eigenvalue weighted by molar-refractivity contribution is 7.85. The highest BCUT2D eigenvalue weighted by atomic mass is 32.2. The number of hydrogen-bond donors (Lipinski definition) is 1. The molecule has 0 fully saturated rings. The van der Waals surface area contributed by atoms with Crippen LogP contribution in [-0.4, -0.2) is 37.9 Å². The number of fused-ring (bicyclic) bond motifs is 1. The van der Waals surface area contributed by atoms with Crippen LogP contribution in [0.1, 0.15) is 25.0 Å². The van der Waals surface area contributed by atoms with Crippen LogP contribution in [0.4, 0.5) is 17.1 Å². The highest BCUT2D eigenvalue weighted by Gasteiger charge is 2.45. The van der Waals surface area contributed by atoms with Gasteiger partial charge in [-0.2, -0.15) is 4.58 Å². The molecule has 1 N–H and O–H groups in total. The largest absolute Gasteiger partial charge is 0.744 e. The van der Waals surface area contributed by atoms with Gasteiger partial charge in [-0.3, -0.25) is 0 Å². The zero-order valence-corrected chi connectivity index (χ0v) is 19.8. The van der Waals surface area contributed by atoms with Crippen LogP contribution in [0, 0.1) is 0 Å². The first-order chi connectivity index (χ1) is 15.5. The number of rotatable bonds is 5. The monoisotopic (exact) mass is 462 g/mol. The molecule has 0 unspecified atom stereocenters. The Kier molecular flexibility index (Phi) is 5.64. The Morgan fingerprint density at radius 3 is 2.27 bits per heavy atom. The molecule has 1 heterocycles. The molecule has 0 saturated heterocycles. The lowest BCUT2D eigenvalue weighted by Gasteiger charge is -2.17. The number of nitrogens with zero attached hydrogens (tertiary/aromatic N) is 2. The van der Waals surface area contributed by atoms with E-state index in [1.54, 1.807) is 12.1 Å². The van der Waals surface area contributed by atoms with E-state index in [-0.39, 0.29) is 10.6 Å². The molecule has 6 nitrogen and oxygen atoms in total. The molecule has 7 heteroatoms. The molecule has 0 radical (unpaired) electrons. The third-order valence-corrected chi connectivity index (χ3v) is 6.85. The average molecular weight is 463 g/mol. The van der Waals surface area contributed by atoms with Gasteiger partial charge in [-0.05, 0) is 44.2 Å². The Morgan fingerprint density at radius 2 is 1.67 bits per heavy atom. The second-order valence-corrected chi connectivity index (χ2v) is 10.2. The molecule has 0 aromatic heterocycles. The number of phenols is 1. The molecule has 0 aliphatic carbocycles. The minimum absolute atomic E-state index is 0.164. The lowest BCUT2D eigenvalue weighted by Crippen LogP contribution is -2.27. The van der Waals surface area contributed by atoms with Crippen molar-refractivity contribution in [3.05, 3.63) is 83.9 Å². The number of para-hydroxylation sites is 1. The van der Waals surface area contributed by atoms with Crippen molar-refractivity contribution in [1.82, 2.24) is 4.58 Å². The standard InChI is InChI=1S/C26H26N2O4S/c1-26(2)22-17-21(33(30,31)32)13-14-23(22)28(19-8-6-5-7-9-19)25(26)15-11-18-10-12-20(27(3)4)16-24(18)29/h5-17H,1-4H3,(H,30,31,32). The minimum Gasteiger partial charge on any atom is -0.744 e. The van der Waals surface area contributed by atoms with Gasteiger partial charge in [0.2, 0.25) is 11.4 Å². The molecule has 33 heavy (non-hydrogen) atoms. The predicted octanol–water partition coefficient (Wildman–Crippen LogP) is 4.64. The predicted molar refractivity (Wildman–Crippen MR) is 132 cm³/mol. The van der Waals surface area contributed by atoms with Crippen LogP contribution in [0.3, 0.4) is 0 Å². The summed E-state index contributed by atoms with van der Waals surface area (Å²) < 4.78 is 37.1. The van der Waals surface area contributed by atoms with Crippen molar-refractivity contribution in [2.75, 3.05) is 19.0 Å². The average Bonchev–Trinajstić information content (AvgIpc) is 2.99. The molecule has 4 rings (SSSR count). The third kappa shape index (κ3) is 4.17. The Bertz CT molecular complexity index is 1390. The van der Waals surface area contributed by atoms with Crippen molar-refractivity contribution >= 4 is 39.0 Å². The number of aromatic hydroxyl groups is 1. The molecule has 1 aliphatic heterocycles. The molecule has 3 aromatic carbocycles. The van der Waals surface area contributed by atoms with Gasteiger partial charge < -0.3 is 14.6 Å². The minimum atomic E-state index is -4.58. The first kappa shape index (κ1) is 22.8. The molecular weight excluding hydrogens is 436 g/mol. The fourth-order valence-corrected chi connectivity index (χ4v) is 4.67. The second kappa shape index (κ2) is 8.17. The SMILES string of the molecule is CN(C)c1ccc(/C=C/C2=[N+](c3ccccc3)c3ccc(S(=O)(=O)[O-])cc3C2(C)C)c(O)c1. The fraction of sp³-hybridized carbons (Fsp3) is 0.192. The summed E-state index contributed by atoms with van der Waals surface area (Å²) in [5.41, 5.74) is 4.31. The van der Waals surface area contributed by atoms with E-state index in [1.165, 1.54) is 12.1 Å². The lowest BCUT2D eigenvalue weighted by molar-refractivity contribution is 0.462. The quantitative estimate of drug-likeness (QED) is 0.441. The Balaban J connectivity index is 1.89. The first-order valence-corrected chi connectivity index (χ1v) is 11.9. The molecule has 0 amide bonds. The van der Waals surface area contributed by atoms with Crippen molar-refractivity contribution in [2.45, 2.75) is 24.2 Å². The van der Waals surface area contributed by atoms with Gasteiger partial charge in [0.25, 0.3) is 0 Å². The van der Waals surface area contributed by atoms with E-state index < -0.39 is 15.5 Å². The molecule has 1 aliphatic rings. The molecule has 3 aromatic rings. The zero-order chi connectivity index (χ0) is 24.0. The van der Waals surface area contributed by atoms with Crippen LogP contribution in [0.15, 0.2) is 77.7 Å². The second-order valence-electron chi connectivity index (χ2n) is 8.79. The van der Waals surface area contributed by atoms with E-state index in [9.17, 15) is 18.1 Å². The maximum atomic E-state index is 11.7. The van der Waals surface area contributed by atoms with Crippen LogP contribution in [0.5, 0.6) is 5.75 Å². The van der Waals surface area contributed by atoms with Gasteiger partial charge in [0.15, 0.2) is 5.71 Å². The molecule has 170 valence electrons. The van der Waals surface area contributed by atoms with Gasteiger partial charge >= 0.3 is 0 Å². The Labute approximate surface area is 194 Å². The van der Waals surface area contributed by atoms with E-state index in [0.717, 1.165) is 28.3 Å². The van der Waals surface area contributed by atoms with Crippen molar-refractivity contribution in [3.8, 4) is 5.75 Å². The van der Waals surface area contributed by atoms with E-state index in [0.29, 0.717) is 5.56 Å². The number of benzene rings is 3. The summed E-state index contributed by atoms with van der Waals surface area (Å²) >= 11 is 0. The van der Waals surface area contributed by atoms with Gasteiger partial charge in [0.1, 0.15) is 15.9 Å². The topological polar surface area (TPSA) is 83.7 Å². The van der Waals surface area contributed by atoms with E-state index in [4.69, 9.17) is 0 Å².